The van der Waals surface area contributed by atoms with Gasteiger partial charge >= 0.3 is 0 Å². The van der Waals surface area contributed by atoms with Crippen molar-refractivity contribution in [3.8, 4) is 0 Å². The molecule has 3 aromatic rings. The number of hydrogen-bond donors (Lipinski definition) is 2. The first-order valence-electron chi connectivity index (χ1n) is 9.97. The molecule has 0 saturated carbocycles. The summed E-state index contributed by atoms with van der Waals surface area (Å²) in [4.78, 5) is 34.5. The van der Waals surface area contributed by atoms with Crippen molar-refractivity contribution >= 4 is 27.5 Å². The Balaban J connectivity index is 1.37. The summed E-state index contributed by atoms with van der Waals surface area (Å²) in [6.07, 6.45) is 5.11. The summed E-state index contributed by atoms with van der Waals surface area (Å²) in [6, 6.07) is 10.1. The summed E-state index contributed by atoms with van der Waals surface area (Å²) < 4.78 is 0. The van der Waals surface area contributed by atoms with Gasteiger partial charge in [-0.3, -0.25) is 9.59 Å². The van der Waals surface area contributed by atoms with Crippen molar-refractivity contribution in [1.82, 2.24) is 15.3 Å². The molecule has 0 spiro atoms. The van der Waals surface area contributed by atoms with E-state index in [0.29, 0.717) is 25.2 Å². The van der Waals surface area contributed by atoms with Gasteiger partial charge in [0, 0.05) is 24.3 Å². The highest BCUT2D eigenvalue weighted by Crippen LogP contribution is 2.33. The van der Waals surface area contributed by atoms with Crippen LogP contribution in [0.2, 0.25) is 0 Å². The number of thiophene rings is 1. The number of benzene rings is 1. The standard InChI is InChI=1S/C22H25N3O2S/c1-14(15-7-3-2-4-8-15)13-23-19(26)12-11-18-24-21(27)20-16-9-5-6-10-17(16)28-22(20)25-18/h2-4,7-8,14H,5-6,9-13H2,1H3,(H,23,26)(H,24,25,27). The van der Waals surface area contributed by atoms with E-state index in [1.54, 1.807) is 11.3 Å². The number of rotatable bonds is 6. The number of nitrogens with one attached hydrogen (secondary N) is 2. The molecule has 0 fully saturated rings. The third-order valence-electron chi connectivity index (χ3n) is 5.44. The van der Waals surface area contributed by atoms with Crippen LogP contribution in [0.15, 0.2) is 35.1 Å². The van der Waals surface area contributed by atoms with E-state index in [4.69, 9.17) is 0 Å². The number of fused-ring (bicyclic) bond motifs is 3. The minimum absolute atomic E-state index is 0.0176. The molecule has 1 aliphatic rings. The molecule has 6 heteroatoms. The Kier molecular flexibility index (Phi) is 5.57. The summed E-state index contributed by atoms with van der Waals surface area (Å²) in [6.45, 7) is 2.70. The van der Waals surface area contributed by atoms with Gasteiger partial charge in [0.15, 0.2) is 0 Å². The van der Waals surface area contributed by atoms with Gasteiger partial charge in [0.25, 0.3) is 5.56 Å². The fraction of sp³-hybridized carbons (Fsp3) is 0.409. The summed E-state index contributed by atoms with van der Waals surface area (Å²) >= 11 is 1.64. The van der Waals surface area contributed by atoms with Crippen molar-refractivity contribution in [2.24, 2.45) is 0 Å². The van der Waals surface area contributed by atoms with Gasteiger partial charge in [-0.05, 0) is 42.7 Å². The van der Waals surface area contributed by atoms with Crippen molar-refractivity contribution in [2.75, 3.05) is 6.54 Å². The van der Waals surface area contributed by atoms with Crippen molar-refractivity contribution in [2.45, 2.75) is 51.4 Å². The first-order valence-corrected chi connectivity index (χ1v) is 10.8. The van der Waals surface area contributed by atoms with E-state index in [0.717, 1.165) is 29.5 Å². The fourth-order valence-electron chi connectivity index (χ4n) is 3.81. The van der Waals surface area contributed by atoms with E-state index in [2.05, 4.69) is 34.3 Å². The lowest BCUT2D eigenvalue weighted by Crippen LogP contribution is -2.28. The number of amides is 1. The minimum Gasteiger partial charge on any atom is -0.355 e. The minimum atomic E-state index is -0.0579. The van der Waals surface area contributed by atoms with Gasteiger partial charge in [-0.1, -0.05) is 37.3 Å². The Morgan fingerprint density at radius 2 is 2.04 bits per heavy atom. The van der Waals surface area contributed by atoms with Gasteiger partial charge in [0.1, 0.15) is 10.7 Å². The molecule has 0 bridgehead atoms. The maximum Gasteiger partial charge on any atom is 0.259 e. The Bertz CT molecular complexity index is 1040. The zero-order valence-corrected chi connectivity index (χ0v) is 16.9. The highest BCUT2D eigenvalue weighted by molar-refractivity contribution is 7.18. The number of carbonyl (C=O) groups is 1. The van der Waals surface area contributed by atoms with E-state index in [9.17, 15) is 9.59 Å². The SMILES string of the molecule is CC(CNC(=O)CCc1nc2sc3c(c2c(=O)[nH]1)CCCC3)c1ccccc1. The molecule has 146 valence electrons. The Morgan fingerprint density at radius 1 is 1.25 bits per heavy atom. The first kappa shape index (κ1) is 18.9. The smallest absolute Gasteiger partial charge is 0.259 e. The van der Waals surface area contributed by atoms with Gasteiger partial charge in [-0.25, -0.2) is 4.98 Å². The molecule has 0 aliphatic heterocycles. The zero-order valence-electron chi connectivity index (χ0n) is 16.1. The van der Waals surface area contributed by atoms with Crippen LogP contribution in [0.1, 0.15) is 53.9 Å². The highest BCUT2D eigenvalue weighted by Gasteiger charge is 2.20. The van der Waals surface area contributed by atoms with Crippen molar-refractivity contribution in [1.29, 1.82) is 0 Å². The number of aromatic nitrogens is 2. The van der Waals surface area contributed by atoms with Crippen LogP contribution in [0.25, 0.3) is 10.2 Å². The number of hydrogen-bond acceptors (Lipinski definition) is 4. The van der Waals surface area contributed by atoms with Crippen molar-refractivity contribution in [3.05, 3.63) is 62.5 Å². The molecule has 1 unspecified atom stereocenters. The van der Waals surface area contributed by atoms with E-state index < -0.39 is 0 Å². The molecular formula is C22H25N3O2S. The molecule has 5 nitrogen and oxygen atoms in total. The topological polar surface area (TPSA) is 74.8 Å². The van der Waals surface area contributed by atoms with Crippen LogP contribution in [-0.2, 0) is 24.1 Å². The van der Waals surface area contributed by atoms with Crippen molar-refractivity contribution in [3.63, 3.8) is 0 Å². The molecule has 0 radical (unpaired) electrons. The first-order chi connectivity index (χ1) is 13.6. The summed E-state index contributed by atoms with van der Waals surface area (Å²) in [5.41, 5.74) is 2.35. The molecule has 1 aromatic carbocycles. The van der Waals surface area contributed by atoms with Crippen LogP contribution >= 0.6 is 11.3 Å². The Hall–Kier alpha value is -2.47. The van der Waals surface area contributed by atoms with Gasteiger partial charge in [-0.15, -0.1) is 11.3 Å². The van der Waals surface area contributed by atoms with Gasteiger partial charge in [-0.2, -0.15) is 0 Å². The number of aromatic amines is 1. The molecular weight excluding hydrogens is 370 g/mol. The lowest BCUT2D eigenvalue weighted by atomic mass is 9.97. The zero-order chi connectivity index (χ0) is 19.5. The second-order valence-electron chi connectivity index (χ2n) is 7.52. The van der Waals surface area contributed by atoms with E-state index >= 15 is 0 Å². The van der Waals surface area contributed by atoms with Gasteiger partial charge in [0.2, 0.25) is 5.91 Å². The molecule has 1 aliphatic carbocycles. The Morgan fingerprint density at radius 3 is 2.86 bits per heavy atom. The van der Waals surface area contributed by atoms with E-state index in [-0.39, 0.29) is 17.4 Å². The maximum absolute atomic E-state index is 12.6. The third-order valence-corrected chi connectivity index (χ3v) is 6.62. The maximum atomic E-state index is 12.6. The number of nitrogens with zero attached hydrogens (tertiary/aromatic N) is 1. The largest absolute Gasteiger partial charge is 0.355 e. The second-order valence-corrected chi connectivity index (χ2v) is 8.60. The van der Waals surface area contributed by atoms with Crippen LogP contribution in [0.3, 0.4) is 0 Å². The monoisotopic (exact) mass is 395 g/mol. The molecule has 2 aromatic heterocycles. The summed E-state index contributed by atoms with van der Waals surface area (Å²) in [5.74, 6) is 0.843. The molecule has 2 N–H and O–H groups in total. The van der Waals surface area contributed by atoms with Crippen LogP contribution in [0, 0.1) is 0 Å². The molecule has 28 heavy (non-hydrogen) atoms. The van der Waals surface area contributed by atoms with Crippen LogP contribution in [0.5, 0.6) is 0 Å². The molecule has 0 saturated heterocycles. The van der Waals surface area contributed by atoms with E-state index in [1.807, 2.05) is 18.2 Å². The molecule has 2 heterocycles. The predicted molar refractivity (Wildman–Crippen MR) is 113 cm³/mol. The Labute approximate surface area is 168 Å². The number of carbonyl (C=O) groups excluding carboxylic acids is 1. The summed E-state index contributed by atoms with van der Waals surface area (Å²) in [5, 5.41) is 3.75. The lowest BCUT2D eigenvalue weighted by molar-refractivity contribution is -0.121. The van der Waals surface area contributed by atoms with Crippen LogP contribution in [0.4, 0.5) is 0 Å². The van der Waals surface area contributed by atoms with Gasteiger partial charge < -0.3 is 10.3 Å². The molecule has 1 atom stereocenters. The predicted octanol–water partition coefficient (Wildman–Crippen LogP) is 3.72. The highest BCUT2D eigenvalue weighted by atomic mass is 32.1. The lowest BCUT2D eigenvalue weighted by Gasteiger charge is -2.13. The average molecular weight is 396 g/mol. The molecule has 4 rings (SSSR count). The quantitative estimate of drug-likeness (QED) is 0.668. The average Bonchev–Trinajstić information content (AvgIpc) is 3.10. The summed E-state index contributed by atoms with van der Waals surface area (Å²) in [7, 11) is 0. The van der Waals surface area contributed by atoms with Gasteiger partial charge in [0.05, 0.1) is 5.39 Å². The fourth-order valence-corrected chi connectivity index (χ4v) is 5.09. The number of aryl methyl sites for hydroxylation is 3. The van der Waals surface area contributed by atoms with Crippen LogP contribution < -0.4 is 10.9 Å². The third kappa shape index (κ3) is 4.02. The molecule has 1 amide bonds. The van der Waals surface area contributed by atoms with Crippen molar-refractivity contribution < 1.29 is 4.79 Å². The number of H-pyrrole nitrogens is 1. The normalized spacial score (nSPS) is 14.6. The second kappa shape index (κ2) is 8.27. The van der Waals surface area contributed by atoms with Crippen LogP contribution in [-0.4, -0.2) is 22.4 Å². The van der Waals surface area contributed by atoms with E-state index in [1.165, 1.54) is 22.4 Å².